The summed E-state index contributed by atoms with van der Waals surface area (Å²) >= 11 is 0. The van der Waals surface area contributed by atoms with Crippen LogP contribution in [0.3, 0.4) is 0 Å². The van der Waals surface area contributed by atoms with Gasteiger partial charge in [-0.2, -0.15) is 0 Å². The molecule has 0 aromatic carbocycles. The summed E-state index contributed by atoms with van der Waals surface area (Å²) in [5.41, 5.74) is 24.5. The van der Waals surface area contributed by atoms with E-state index < -0.39 is 14.8 Å². The fourth-order valence-corrected chi connectivity index (χ4v) is 1.44. The highest BCUT2D eigenvalue weighted by Crippen LogP contribution is 2.26. The number of rotatable bonds is 7. The van der Waals surface area contributed by atoms with Gasteiger partial charge in [0.2, 0.25) is 0 Å². The van der Waals surface area contributed by atoms with Gasteiger partial charge in [-0.05, 0) is 16.6 Å². The minimum Gasteiger partial charge on any atom is -0.438 e. The molecule has 1 N–H and O–H groups in total. The lowest BCUT2D eigenvalue weighted by Gasteiger charge is -2.25. The fourth-order valence-electron chi connectivity index (χ4n) is 0.845. The van der Waals surface area contributed by atoms with E-state index >= 15 is 0 Å². The van der Waals surface area contributed by atoms with E-state index in [4.69, 9.17) is 16.6 Å². The summed E-state index contributed by atoms with van der Waals surface area (Å²) in [6.07, 6.45) is 0. The Hall–Kier alpha value is -1.89. The Kier molecular flexibility index (Phi) is 6.56. The summed E-state index contributed by atoms with van der Waals surface area (Å²) in [5.74, 6) is 0. The van der Waals surface area contributed by atoms with Crippen LogP contribution in [-0.2, 0) is 0 Å². The second kappa shape index (κ2) is 7.51. The van der Waals surface area contributed by atoms with Crippen LogP contribution < -0.4 is 0 Å². The molecule has 0 radical (unpaired) electrons. The van der Waals surface area contributed by atoms with Crippen LogP contribution in [0.25, 0.3) is 31.3 Å². The van der Waals surface area contributed by atoms with Crippen molar-refractivity contribution >= 4 is 9.76 Å². The second-order valence-corrected chi connectivity index (χ2v) is 4.64. The topological polar surface area (TPSA) is 167 Å². The van der Waals surface area contributed by atoms with Gasteiger partial charge in [-0.25, -0.2) is 0 Å². The minimum absolute atomic E-state index is 0.0374. The molecular formula is C4H9N9OSi. The van der Waals surface area contributed by atoms with E-state index in [9.17, 15) is 4.80 Å². The van der Waals surface area contributed by atoms with Crippen molar-refractivity contribution in [2.24, 2.45) is 15.3 Å². The number of hydrogen-bond donors (Lipinski definition) is 1. The van der Waals surface area contributed by atoms with Gasteiger partial charge in [-0.1, -0.05) is 15.3 Å². The van der Waals surface area contributed by atoms with Crippen LogP contribution in [0, 0.1) is 0 Å². The Morgan fingerprint density at radius 1 is 0.933 bits per heavy atom. The predicted octanol–water partition coefficient (Wildman–Crippen LogP) is 1.15. The molecule has 15 heavy (non-hydrogen) atoms. The van der Waals surface area contributed by atoms with Crippen molar-refractivity contribution in [3.63, 3.8) is 0 Å². The molecule has 0 heterocycles. The largest absolute Gasteiger partial charge is 0.438 e. The first-order chi connectivity index (χ1) is 7.24. The van der Waals surface area contributed by atoms with Gasteiger partial charge in [0.15, 0.2) is 9.76 Å². The third-order valence-corrected chi connectivity index (χ3v) is 3.09. The highest BCUT2D eigenvalue weighted by Gasteiger charge is 2.28. The number of azide groups is 3. The van der Waals surface area contributed by atoms with Crippen molar-refractivity contribution in [1.29, 1.82) is 0 Å². The molecule has 0 saturated heterocycles. The molecular weight excluding hydrogens is 218 g/mol. The lowest BCUT2D eigenvalue weighted by atomic mass is 10.1. The third-order valence-electron chi connectivity index (χ3n) is 1.74. The smallest absolute Gasteiger partial charge is 0.163 e. The average molecular weight is 227 g/mol. The first-order valence-corrected chi connectivity index (χ1v) is 5.22. The lowest BCUT2D eigenvalue weighted by molar-refractivity contribution is 0.488. The maximum atomic E-state index is 9.25. The quantitative estimate of drug-likeness (QED) is 0.293. The van der Waals surface area contributed by atoms with E-state index in [0.717, 1.165) is 0 Å². The third kappa shape index (κ3) is 4.77. The van der Waals surface area contributed by atoms with Crippen molar-refractivity contribution in [2.75, 3.05) is 19.6 Å². The molecule has 0 aliphatic carbocycles. The van der Waals surface area contributed by atoms with Crippen molar-refractivity contribution in [1.82, 2.24) is 0 Å². The van der Waals surface area contributed by atoms with E-state index in [1.165, 1.54) is 0 Å². The lowest BCUT2D eigenvalue weighted by Crippen LogP contribution is -2.30. The zero-order chi connectivity index (χ0) is 11.6. The molecule has 0 saturated carbocycles. The van der Waals surface area contributed by atoms with Crippen LogP contribution in [0.15, 0.2) is 15.3 Å². The molecule has 0 atom stereocenters. The Morgan fingerprint density at radius 3 is 1.47 bits per heavy atom. The Morgan fingerprint density at radius 2 is 1.27 bits per heavy atom. The zero-order valence-corrected chi connectivity index (χ0v) is 9.21. The Balaban J connectivity index is 4.78. The molecule has 0 aliphatic rings. The van der Waals surface area contributed by atoms with Gasteiger partial charge in [-0.15, -0.1) is 0 Å². The fraction of sp³-hybridized carbons (Fsp3) is 1.00. The van der Waals surface area contributed by atoms with Crippen LogP contribution in [0.1, 0.15) is 0 Å². The summed E-state index contributed by atoms with van der Waals surface area (Å²) in [6.45, 7) is -0.112. The summed E-state index contributed by atoms with van der Waals surface area (Å²) in [7, 11) is -1.63. The van der Waals surface area contributed by atoms with E-state index in [-0.39, 0.29) is 19.6 Å². The van der Waals surface area contributed by atoms with Crippen LogP contribution >= 0.6 is 0 Å². The van der Waals surface area contributed by atoms with Gasteiger partial charge in [0.1, 0.15) is 0 Å². The second-order valence-electron chi connectivity index (χ2n) is 2.83. The van der Waals surface area contributed by atoms with Gasteiger partial charge in [-0.3, -0.25) is 0 Å². The summed E-state index contributed by atoms with van der Waals surface area (Å²) in [5, 5.41) is 9.06. The molecule has 80 valence electrons. The molecule has 0 aromatic heterocycles. The minimum atomic E-state index is -1.63. The first kappa shape index (κ1) is 13.1. The molecule has 0 spiro atoms. The normalized spacial score (nSPS) is 13.4. The first-order valence-electron chi connectivity index (χ1n) is 3.88. The van der Waals surface area contributed by atoms with Gasteiger partial charge in [0.25, 0.3) is 0 Å². The monoisotopic (exact) mass is 227 g/mol. The van der Waals surface area contributed by atoms with Crippen LogP contribution in [0.5, 0.6) is 0 Å². The molecule has 0 aromatic rings. The average Bonchev–Trinajstić information content (AvgIpc) is 2.29. The molecule has 0 fully saturated rings. The summed E-state index contributed by atoms with van der Waals surface area (Å²) in [4.78, 5) is 16.9. The van der Waals surface area contributed by atoms with Gasteiger partial charge in [0.05, 0.1) is 0 Å². The Labute approximate surface area is 86.7 Å². The molecule has 11 heteroatoms. The SMILES string of the molecule is [N-]=[N+]=NCC(CN=[N+]=[N-])(CN=[N+]=[N-])[SiH2]O. The maximum absolute atomic E-state index is 9.25. The summed E-state index contributed by atoms with van der Waals surface area (Å²) < 4.78 is 0. The van der Waals surface area contributed by atoms with Crippen molar-refractivity contribution < 1.29 is 4.80 Å². The molecule has 0 rings (SSSR count). The molecule has 0 bridgehead atoms. The highest BCUT2D eigenvalue weighted by molar-refractivity contribution is 6.31. The Bertz CT molecular complexity index is 286. The predicted molar refractivity (Wildman–Crippen MR) is 55.5 cm³/mol. The van der Waals surface area contributed by atoms with Gasteiger partial charge < -0.3 is 4.80 Å². The number of hydrogen-bond acceptors (Lipinski definition) is 4. The van der Waals surface area contributed by atoms with Crippen LogP contribution in [0.2, 0.25) is 5.04 Å². The number of nitrogens with zero attached hydrogens (tertiary/aromatic N) is 9. The van der Waals surface area contributed by atoms with Crippen molar-refractivity contribution in [3.05, 3.63) is 31.3 Å². The van der Waals surface area contributed by atoms with E-state index in [1.54, 1.807) is 0 Å². The zero-order valence-electron chi connectivity index (χ0n) is 7.80. The van der Waals surface area contributed by atoms with Gasteiger partial charge in [0, 0.05) is 39.4 Å². The molecule has 0 aliphatic heterocycles. The highest BCUT2D eigenvalue weighted by atomic mass is 28.2. The molecule has 0 unspecified atom stereocenters. The van der Waals surface area contributed by atoms with E-state index in [2.05, 4.69) is 30.1 Å². The van der Waals surface area contributed by atoms with E-state index in [0.29, 0.717) is 0 Å². The van der Waals surface area contributed by atoms with Crippen LogP contribution in [0.4, 0.5) is 0 Å². The van der Waals surface area contributed by atoms with E-state index in [1.807, 2.05) is 0 Å². The van der Waals surface area contributed by atoms with Crippen LogP contribution in [-0.4, -0.2) is 34.2 Å². The molecule has 10 nitrogen and oxygen atoms in total. The summed E-state index contributed by atoms with van der Waals surface area (Å²) in [6, 6.07) is 0. The standard InChI is InChI=1S/C4H9N9OSi/c5-11-8-1-4(15-14,2-9-12-6)3-10-13-7/h14H,1-3,15H2. The van der Waals surface area contributed by atoms with Crippen molar-refractivity contribution in [2.45, 2.75) is 5.04 Å². The van der Waals surface area contributed by atoms with Gasteiger partial charge >= 0.3 is 0 Å². The van der Waals surface area contributed by atoms with Crippen molar-refractivity contribution in [3.8, 4) is 0 Å². The molecule has 0 amide bonds. The maximum Gasteiger partial charge on any atom is 0.163 e.